The minimum absolute atomic E-state index is 0.0686. The third kappa shape index (κ3) is 6.32. The van der Waals surface area contributed by atoms with Crippen LogP contribution in [-0.4, -0.2) is 60.1 Å². The molecule has 3 N–H and O–H groups in total. The molecule has 262 valence electrons. The van der Waals surface area contributed by atoms with E-state index in [1.165, 1.54) is 19.2 Å². The Morgan fingerprint density at radius 1 is 0.765 bits per heavy atom. The molecule has 0 aliphatic carbocycles. The first-order valence-electron chi connectivity index (χ1n) is 16.4. The van der Waals surface area contributed by atoms with Crippen molar-refractivity contribution in [1.82, 2.24) is 0 Å². The highest BCUT2D eigenvalue weighted by molar-refractivity contribution is 6.05. The van der Waals surface area contributed by atoms with Gasteiger partial charge in [0, 0.05) is 5.56 Å². The summed E-state index contributed by atoms with van der Waals surface area (Å²) in [6.45, 7) is 3.37. The van der Waals surface area contributed by atoms with Crippen molar-refractivity contribution in [2.75, 3.05) is 20.8 Å². The Kier molecular flexibility index (Phi) is 8.82. The van der Waals surface area contributed by atoms with Gasteiger partial charge < -0.3 is 43.7 Å². The number of hydrogen-bond donors (Lipinski definition) is 3. The van der Waals surface area contributed by atoms with E-state index in [-0.39, 0.29) is 40.9 Å². The van der Waals surface area contributed by atoms with Gasteiger partial charge in [-0.2, -0.15) is 0 Å². The number of esters is 1. The molecule has 0 amide bonds. The van der Waals surface area contributed by atoms with E-state index < -0.39 is 42.1 Å². The average Bonchev–Trinajstić information content (AvgIpc) is 3.13. The maximum atomic E-state index is 13.4. The zero-order valence-corrected chi connectivity index (χ0v) is 28.3. The third-order valence-electron chi connectivity index (χ3n) is 9.29. The van der Waals surface area contributed by atoms with Gasteiger partial charge in [-0.15, -0.1) is 0 Å². The summed E-state index contributed by atoms with van der Waals surface area (Å²) in [5.41, 5.74) is 2.40. The highest BCUT2D eigenvalue weighted by Gasteiger charge is 2.41. The summed E-state index contributed by atoms with van der Waals surface area (Å²) in [4.78, 5) is 26.5. The van der Waals surface area contributed by atoms with Crippen LogP contribution in [0.5, 0.6) is 40.2 Å². The number of aliphatic hydroxyl groups excluding tert-OH is 1. The number of ether oxygens (including phenoxy) is 6. The molecule has 0 spiro atoms. The van der Waals surface area contributed by atoms with Gasteiger partial charge in [0.1, 0.15) is 29.4 Å². The first kappa shape index (κ1) is 33.6. The quantitative estimate of drug-likeness (QED) is 0.153. The number of hydrogen-bond acceptors (Lipinski definition) is 11. The van der Waals surface area contributed by atoms with E-state index in [1.54, 1.807) is 57.4 Å². The van der Waals surface area contributed by atoms with Crippen LogP contribution in [0, 0.1) is 6.92 Å². The number of phenolic OH excluding ortho intramolecular Hbond substituents is 2. The van der Waals surface area contributed by atoms with Crippen LogP contribution in [0.25, 0.3) is 10.8 Å². The van der Waals surface area contributed by atoms with Gasteiger partial charge in [0.2, 0.25) is 5.78 Å². The van der Waals surface area contributed by atoms with Crippen LogP contribution < -0.4 is 23.7 Å². The van der Waals surface area contributed by atoms with Crippen molar-refractivity contribution in [3.8, 4) is 40.2 Å². The van der Waals surface area contributed by atoms with Crippen molar-refractivity contribution >= 4 is 22.5 Å². The second kappa shape index (κ2) is 13.4. The van der Waals surface area contributed by atoms with Crippen molar-refractivity contribution in [2.45, 2.75) is 44.2 Å². The largest absolute Gasteiger partial charge is 0.507 e. The molecule has 5 aromatic carbocycles. The highest BCUT2D eigenvalue weighted by Crippen LogP contribution is 2.45. The molecule has 2 heterocycles. The van der Waals surface area contributed by atoms with Crippen LogP contribution >= 0.6 is 0 Å². The van der Waals surface area contributed by atoms with Crippen LogP contribution in [0.1, 0.15) is 57.7 Å². The van der Waals surface area contributed by atoms with Gasteiger partial charge in [0.25, 0.3) is 0 Å². The Hall–Kier alpha value is -5.94. The van der Waals surface area contributed by atoms with E-state index in [4.69, 9.17) is 28.4 Å². The maximum Gasteiger partial charge on any atom is 0.313 e. The Bertz CT molecular complexity index is 2160. The lowest BCUT2D eigenvalue weighted by Gasteiger charge is -2.35. The van der Waals surface area contributed by atoms with Gasteiger partial charge in [-0.1, -0.05) is 36.4 Å². The summed E-state index contributed by atoms with van der Waals surface area (Å²) in [6.07, 6.45) is -4.33. The Labute approximate surface area is 293 Å². The topological polar surface area (TPSA) is 150 Å². The molecule has 0 bridgehead atoms. The van der Waals surface area contributed by atoms with Crippen LogP contribution in [0.2, 0.25) is 0 Å². The molecule has 11 nitrogen and oxygen atoms in total. The molecule has 0 fully saturated rings. The van der Waals surface area contributed by atoms with Gasteiger partial charge in [-0.25, -0.2) is 0 Å². The predicted molar refractivity (Wildman–Crippen MR) is 185 cm³/mol. The van der Waals surface area contributed by atoms with Gasteiger partial charge in [-0.3, -0.25) is 9.59 Å². The molecule has 0 radical (unpaired) electrons. The summed E-state index contributed by atoms with van der Waals surface area (Å²) in [6, 6.07) is 24.2. The van der Waals surface area contributed by atoms with E-state index in [2.05, 4.69) is 0 Å². The number of phenols is 2. The standard InChI is InChI=1S/C40H36O11/c1-20-13-29(42)35-33(14-20)51-39(37(44)36(35)43)26-9-12-30-32(18-26)50-38(25-8-11-28(41)31(17-25)47-4)34(49-30)19-48-40(45)21(2)22-5-6-24-16-27(46-3)10-7-23(24)15-22/h5-18,21,34,37-39,41-42,44H,19H2,1-4H3/t21-,34+,37-,38+,39?/m1/s1. The number of aliphatic hydroxyl groups is 1. The third-order valence-corrected chi connectivity index (χ3v) is 9.29. The van der Waals surface area contributed by atoms with E-state index in [9.17, 15) is 24.9 Å². The number of benzene rings is 5. The van der Waals surface area contributed by atoms with Crippen molar-refractivity contribution in [1.29, 1.82) is 0 Å². The van der Waals surface area contributed by atoms with Crippen molar-refractivity contribution < 1.29 is 53.3 Å². The van der Waals surface area contributed by atoms with Crippen LogP contribution in [0.4, 0.5) is 0 Å². The number of aromatic hydroxyl groups is 2. The number of carbonyl (C=O) groups excluding carboxylic acids is 2. The van der Waals surface area contributed by atoms with Crippen molar-refractivity contribution in [3.05, 3.63) is 113 Å². The van der Waals surface area contributed by atoms with Crippen LogP contribution in [0.3, 0.4) is 0 Å². The maximum absolute atomic E-state index is 13.4. The zero-order valence-electron chi connectivity index (χ0n) is 28.3. The lowest BCUT2D eigenvalue weighted by molar-refractivity contribution is -0.150. The van der Waals surface area contributed by atoms with Gasteiger partial charge in [0.05, 0.1) is 20.1 Å². The number of rotatable bonds is 8. The monoisotopic (exact) mass is 692 g/mol. The lowest BCUT2D eigenvalue weighted by atomic mass is 9.92. The number of methoxy groups -OCH3 is 2. The lowest BCUT2D eigenvalue weighted by Crippen LogP contribution is -2.38. The second-order valence-corrected chi connectivity index (χ2v) is 12.7. The molecular weight excluding hydrogens is 656 g/mol. The fraction of sp³-hybridized carbons (Fsp3) is 0.250. The zero-order chi connectivity index (χ0) is 36.0. The molecule has 5 atom stereocenters. The summed E-state index contributed by atoms with van der Waals surface area (Å²) >= 11 is 0. The number of ketones is 1. The van der Waals surface area contributed by atoms with Crippen LogP contribution in [-0.2, 0) is 9.53 Å². The second-order valence-electron chi connectivity index (χ2n) is 12.7. The predicted octanol–water partition coefficient (Wildman–Crippen LogP) is 6.48. The van der Waals surface area contributed by atoms with E-state index >= 15 is 0 Å². The fourth-order valence-corrected chi connectivity index (χ4v) is 6.48. The fourth-order valence-electron chi connectivity index (χ4n) is 6.48. The van der Waals surface area contributed by atoms with Crippen molar-refractivity contribution in [2.24, 2.45) is 0 Å². The summed E-state index contributed by atoms with van der Waals surface area (Å²) in [7, 11) is 3.04. The molecule has 0 aromatic heterocycles. The molecule has 51 heavy (non-hydrogen) atoms. The molecule has 7 rings (SSSR count). The van der Waals surface area contributed by atoms with Crippen LogP contribution in [0.15, 0.2) is 84.9 Å². The number of aryl methyl sites for hydroxylation is 1. The SMILES string of the molecule is COc1ccc2cc([C@@H](C)C(=O)OC[C@@H]3Oc4ccc(C5Oc6cc(C)cc(O)c6C(=O)[C@H]5O)cc4O[C@H]3c3ccc(O)c(OC)c3)ccc2c1. The summed E-state index contributed by atoms with van der Waals surface area (Å²) in [5, 5.41) is 33.5. The van der Waals surface area contributed by atoms with Crippen molar-refractivity contribution in [3.63, 3.8) is 0 Å². The molecular formula is C40H36O11. The highest BCUT2D eigenvalue weighted by atomic mass is 16.6. The Balaban J connectivity index is 1.15. The molecule has 0 saturated carbocycles. The molecule has 5 aromatic rings. The number of Topliss-reactive ketones (excluding diaryl/α,β-unsaturated/α-hetero) is 1. The molecule has 0 saturated heterocycles. The number of fused-ring (bicyclic) bond motifs is 3. The molecule has 2 aliphatic heterocycles. The first-order chi connectivity index (χ1) is 24.5. The Morgan fingerprint density at radius 2 is 1.49 bits per heavy atom. The molecule has 11 heteroatoms. The number of carbonyl (C=O) groups is 2. The minimum Gasteiger partial charge on any atom is -0.507 e. The summed E-state index contributed by atoms with van der Waals surface area (Å²) in [5.74, 6) is -0.286. The van der Waals surface area contributed by atoms with E-state index in [0.29, 0.717) is 22.4 Å². The minimum atomic E-state index is -1.59. The van der Waals surface area contributed by atoms with Gasteiger partial charge in [0.15, 0.2) is 47.4 Å². The average molecular weight is 693 g/mol. The first-order valence-corrected chi connectivity index (χ1v) is 16.4. The molecule has 2 aliphatic rings. The van der Waals surface area contributed by atoms with Gasteiger partial charge in [-0.05, 0) is 89.8 Å². The smallest absolute Gasteiger partial charge is 0.313 e. The molecule has 1 unspecified atom stereocenters. The van der Waals surface area contributed by atoms with Gasteiger partial charge >= 0.3 is 5.97 Å². The Morgan fingerprint density at radius 3 is 2.27 bits per heavy atom. The van der Waals surface area contributed by atoms with E-state index in [1.807, 2.05) is 36.4 Å². The normalized spacial score (nSPS) is 19.8. The summed E-state index contributed by atoms with van der Waals surface area (Å²) < 4.78 is 35.4. The van der Waals surface area contributed by atoms with E-state index in [0.717, 1.165) is 22.1 Å².